The molecule has 0 bridgehead atoms. The number of carboxylic acids is 2. The molecule has 0 atom stereocenters. The van der Waals surface area contributed by atoms with Crippen molar-refractivity contribution in [2.24, 2.45) is 0 Å². The topological polar surface area (TPSA) is 95.9 Å². The van der Waals surface area contributed by atoms with Crippen LogP contribution in [0.25, 0.3) is 0 Å². The van der Waals surface area contributed by atoms with Gasteiger partial charge in [-0.1, -0.05) is 60.1 Å². The molecule has 0 saturated heterocycles. The molecular formula is C28H30ClNO5S. The molecule has 4 rings (SSSR count). The summed E-state index contributed by atoms with van der Waals surface area (Å²) in [4.78, 5) is 20.5. The van der Waals surface area contributed by atoms with Crippen LogP contribution in [0.3, 0.4) is 0 Å². The van der Waals surface area contributed by atoms with E-state index in [-0.39, 0.29) is 12.8 Å². The largest absolute Gasteiger partial charge is 0.489 e. The Kier molecular flexibility index (Phi) is 11.1. The Labute approximate surface area is 220 Å². The van der Waals surface area contributed by atoms with E-state index in [2.05, 4.69) is 53.8 Å². The number of ether oxygens (including phenoxy) is 1. The lowest BCUT2D eigenvalue weighted by molar-refractivity contribution is -0.143. The summed E-state index contributed by atoms with van der Waals surface area (Å²) < 4.78 is 5.88. The van der Waals surface area contributed by atoms with Crippen molar-refractivity contribution in [2.75, 3.05) is 13.1 Å². The second-order valence-corrected chi connectivity index (χ2v) is 9.65. The maximum absolute atomic E-state index is 9.64. The minimum atomic E-state index is -1.08. The fourth-order valence-electron chi connectivity index (χ4n) is 3.66. The van der Waals surface area contributed by atoms with Crippen molar-refractivity contribution in [3.05, 3.63) is 94.0 Å². The van der Waals surface area contributed by atoms with Crippen LogP contribution in [0.1, 0.15) is 35.1 Å². The molecule has 1 aliphatic heterocycles. The summed E-state index contributed by atoms with van der Waals surface area (Å²) in [5, 5.41) is 20.1. The van der Waals surface area contributed by atoms with Crippen molar-refractivity contribution >= 4 is 35.3 Å². The number of fused-ring (bicyclic) bond motifs is 1. The SMILES string of the molecule is Clc1ccc2c(c1SCc1ccc(OCc3ccccc3)cc1)CCNCC2.O=C(O)CCC(=O)O. The van der Waals surface area contributed by atoms with Gasteiger partial charge in [0, 0.05) is 10.6 Å². The number of hydrogen-bond donors (Lipinski definition) is 3. The number of halogens is 1. The van der Waals surface area contributed by atoms with Gasteiger partial charge in [0.1, 0.15) is 12.4 Å². The third-order valence-electron chi connectivity index (χ3n) is 5.54. The van der Waals surface area contributed by atoms with E-state index in [0.29, 0.717) is 6.61 Å². The van der Waals surface area contributed by atoms with E-state index in [1.165, 1.54) is 27.1 Å². The molecule has 0 aliphatic carbocycles. The summed E-state index contributed by atoms with van der Waals surface area (Å²) in [6.45, 7) is 2.66. The van der Waals surface area contributed by atoms with E-state index in [1.807, 2.05) is 30.0 Å². The third-order valence-corrected chi connectivity index (χ3v) is 7.20. The second kappa shape index (κ2) is 14.5. The van der Waals surface area contributed by atoms with Crippen LogP contribution >= 0.6 is 23.4 Å². The van der Waals surface area contributed by atoms with Crippen molar-refractivity contribution in [3.63, 3.8) is 0 Å². The molecule has 1 aliphatic rings. The van der Waals surface area contributed by atoms with E-state index in [9.17, 15) is 9.59 Å². The Morgan fingerprint density at radius 2 is 1.53 bits per heavy atom. The van der Waals surface area contributed by atoms with E-state index in [4.69, 9.17) is 26.6 Å². The van der Waals surface area contributed by atoms with Gasteiger partial charge in [-0.2, -0.15) is 0 Å². The number of hydrogen-bond acceptors (Lipinski definition) is 5. The first-order valence-electron chi connectivity index (χ1n) is 11.8. The molecule has 0 spiro atoms. The van der Waals surface area contributed by atoms with Crippen LogP contribution in [0.15, 0.2) is 71.6 Å². The molecule has 3 N–H and O–H groups in total. The Bertz CT molecular complexity index is 1120. The fraction of sp³-hybridized carbons (Fsp3) is 0.286. The van der Waals surface area contributed by atoms with Crippen LogP contribution < -0.4 is 10.1 Å². The van der Waals surface area contributed by atoms with Crippen LogP contribution in [-0.4, -0.2) is 35.2 Å². The van der Waals surface area contributed by atoms with E-state index >= 15 is 0 Å². The first-order chi connectivity index (χ1) is 17.4. The first-order valence-corrected chi connectivity index (χ1v) is 13.1. The van der Waals surface area contributed by atoms with Crippen molar-refractivity contribution in [2.45, 2.75) is 42.9 Å². The second-order valence-electron chi connectivity index (χ2n) is 8.26. The van der Waals surface area contributed by atoms with Crippen LogP contribution in [-0.2, 0) is 34.8 Å². The highest BCUT2D eigenvalue weighted by atomic mass is 35.5. The molecule has 1 heterocycles. The average molecular weight is 528 g/mol. The lowest BCUT2D eigenvalue weighted by atomic mass is 10.0. The lowest BCUT2D eigenvalue weighted by Gasteiger charge is -2.14. The van der Waals surface area contributed by atoms with Crippen LogP contribution in [0, 0.1) is 0 Å². The number of aliphatic carboxylic acids is 2. The molecule has 3 aromatic carbocycles. The first kappa shape index (κ1) is 27.6. The van der Waals surface area contributed by atoms with Gasteiger partial charge in [-0.05, 0) is 66.4 Å². The predicted octanol–water partition coefficient (Wildman–Crippen LogP) is 5.84. The van der Waals surface area contributed by atoms with Crippen molar-refractivity contribution in [1.29, 1.82) is 0 Å². The smallest absolute Gasteiger partial charge is 0.303 e. The van der Waals surface area contributed by atoms with Gasteiger partial charge in [0.2, 0.25) is 0 Å². The molecule has 3 aromatic rings. The minimum Gasteiger partial charge on any atom is -0.489 e. The Morgan fingerprint density at radius 3 is 2.19 bits per heavy atom. The van der Waals surface area contributed by atoms with Gasteiger partial charge in [0.25, 0.3) is 0 Å². The van der Waals surface area contributed by atoms with E-state index in [1.54, 1.807) is 0 Å². The molecule has 0 unspecified atom stereocenters. The normalized spacial score (nSPS) is 12.5. The molecular weight excluding hydrogens is 498 g/mol. The van der Waals surface area contributed by atoms with Gasteiger partial charge in [0.05, 0.1) is 17.9 Å². The standard InChI is InChI=1S/C24H24ClNOS.C4H6O4/c25-23-11-8-20-12-14-26-15-13-22(20)24(23)28-17-19-6-9-21(10-7-19)27-16-18-4-2-1-3-5-18;5-3(6)1-2-4(7)8/h1-11,26H,12-17H2;1-2H2,(H,5,6)(H,7,8). The zero-order valence-electron chi connectivity index (χ0n) is 19.9. The fourth-order valence-corrected chi connectivity index (χ4v) is 5.12. The van der Waals surface area contributed by atoms with E-state index < -0.39 is 11.9 Å². The molecule has 8 heteroatoms. The molecule has 0 aromatic heterocycles. The monoisotopic (exact) mass is 527 g/mol. The highest BCUT2D eigenvalue weighted by molar-refractivity contribution is 7.98. The molecule has 0 amide bonds. The highest BCUT2D eigenvalue weighted by Crippen LogP contribution is 2.36. The Balaban J connectivity index is 0.000000392. The number of benzene rings is 3. The lowest BCUT2D eigenvalue weighted by Crippen LogP contribution is -2.16. The molecule has 190 valence electrons. The number of thioether (sulfide) groups is 1. The summed E-state index contributed by atoms with van der Waals surface area (Å²) in [7, 11) is 0. The Morgan fingerprint density at radius 1 is 0.861 bits per heavy atom. The maximum atomic E-state index is 9.64. The predicted molar refractivity (Wildman–Crippen MR) is 143 cm³/mol. The van der Waals surface area contributed by atoms with Gasteiger partial charge >= 0.3 is 11.9 Å². The van der Waals surface area contributed by atoms with Crippen LogP contribution in [0.2, 0.25) is 5.02 Å². The molecule has 0 saturated carbocycles. The van der Waals surface area contributed by atoms with Gasteiger partial charge in [-0.3, -0.25) is 9.59 Å². The summed E-state index contributed by atoms with van der Waals surface area (Å²) in [6.07, 6.45) is 1.53. The van der Waals surface area contributed by atoms with Crippen molar-refractivity contribution in [3.8, 4) is 5.75 Å². The number of rotatable bonds is 9. The summed E-state index contributed by atoms with van der Waals surface area (Å²) >= 11 is 8.38. The average Bonchev–Trinajstić information content (AvgIpc) is 3.13. The molecule has 0 radical (unpaired) electrons. The quantitative estimate of drug-likeness (QED) is 0.301. The number of carbonyl (C=O) groups is 2. The zero-order valence-corrected chi connectivity index (χ0v) is 21.5. The van der Waals surface area contributed by atoms with E-state index in [0.717, 1.165) is 42.5 Å². The molecule has 36 heavy (non-hydrogen) atoms. The van der Waals surface area contributed by atoms with Gasteiger partial charge < -0.3 is 20.3 Å². The zero-order chi connectivity index (χ0) is 25.8. The van der Waals surface area contributed by atoms with Crippen LogP contribution in [0.5, 0.6) is 5.75 Å². The third kappa shape index (κ3) is 9.22. The van der Waals surface area contributed by atoms with Crippen molar-refractivity contribution in [1.82, 2.24) is 5.32 Å². The minimum absolute atomic E-state index is 0.296. The van der Waals surface area contributed by atoms with Gasteiger partial charge in [-0.25, -0.2) is 0 Å². The molecule has 0 fully saturated rings. The summed E-state index contributed by atoms with van der Waals surface area (Å²) in [6, 6.07) is 22.9. The highest BCUT2D eigenvalue weighted by Gasteiger charge is 2.15. The van der Waals surface area contributed by atoms with Gasteiger partial charge in [-0.15, -0.1) is 11.8 Å². The maximum Gasteiger partial charge on any atom is 0.303 e. The number of carboxylic acid groups (broad SMARTS) is 2. The van der Waals surface area contributed by atoms with Crippen LogP contribution in [0.4, 0.5) is 0 Å². The molecule has 6 nitrogen and oxygen atoms in total. The number of nitrogens with one attached hydrogen (secondary N) is 1. The summed E-state index contributed by atoms with van der Waals surface area (Å²) in [5.41, 5.74) is 5.31. The van der Waals surface area contributed by atoms with Gasteiger partial charge in [0.15, 0.2) is 0 Å². The summed E-state index contributed by atoms with van der Waals surface area (Å²) in [5.74, 6) is -0.349. The van der Waals surface area contributed by atoms with Crippen molar-refractivity contribution < 1.29 is 24.5 Å². The Hall–Kier alpha value is -3.00.